The van der Waals surface area contributed by atoms with Gasteiger partial charge in [-0.05, 0) is 6.42 Å². The first-order valence-corrected chi connectivity index (χ1v) is 6.82. The van der Waals surface area contributed by atoms with Crippen LogP contribution in [0.15, 0.2) is 4.52 Å². The van der Waals surface area contributed by atoms with Crippen LogP contribution in [-0.2, 0) is 24.2 Å². The van der Waals surface area contributed by atoms with Gasteiger partial charge in [-0.1, -0.05) is 19.0 Å². The second kappa shape index (κ2) is 7.17. The molecular formula is C13H20ClF2N3O2. The molecule has 2 rings (SSSR count). The number of amides is 1. The Morgan fingerprint density at radius 3 is 2.71 bits per heavy atom. The molecule has 1 amide bonds. The molecule has 0 aromatic carbocycles. The van der Waals surface area contributed by atoms with E-state index in [1.165, 1.54) is 0 Å². The molecule has 2 heterocycles. The molecule has 1 aliphatic rings. The average Bonchev–Trinajstić information content (AvgIpc) is 2.98. The van der Waals surface area contributed by atoms with Crippen molar-refractivity contribution in [1.82, 2.24) is 15.8 Å². The summed E-state index contributed by atoms with van der Waals surface area (Å²) in [6, 6.07) is -0.833. The van der Waals surface area contributed by atoms with Crippen molar-refractivity contribution in [2.75, 3.05) is 6.54 Å². The summed E-state index contributed by atoms with van der Waals surface area (Å²) in [7, 11) is 0. The molecule has 0 spiro atoms. The predicted molar refractivity (Wildman–Crippen MR) is 75.7 cm³/mol. The first-order valence-electron chi connectivity index (χ1n) is 6.82. The van der Waals surface area contributed by atoms with Crippen LogP contribution >= 0.6 is 12.4 Å². The molecule has 8 heteroatoms. The highest BCUT2D eigenvalue weighted by Gasteiger charge is 2.42. The highest BCUT2D eigenvalue weighted by atomic mass is 35.5. The van der Waals surface area contributed by atoms with Crippen molar-refractivity contribution in [1.29, 1.82) is 0 Å². The Balaban J connectivity index is 0.00000220. The Kier molecular flexibility index (Phi) is 6.10. The van der Waals surface area contributed by atoms with Crippen LogP contribution in [0.25, 0.3) is 0 Å². The maximum absolute atomic E-state index is 13.0. The third kappa shape index (κ3) is 4.14. The lowest BCUT2D eigenvalue weighted by Crippen LogP contribution is -2.40. The highest BCUT2D eigenvalue weighted by molar-refractivity contribution is 5.85. The third-order valence-electron chi connectivity index (χ3n) is 3.47. The van der Waals surface area contributed by atoms with E-state index in [0.29, 0.717) is 12.8 Å². The van der Waals surface area contributed by atoms with Gasteiger partial charge in [0.1, 0.15) is 5.76 Å². The normalized spacial score (nSPS) is 20.1. The van der Waals surface area contributed by atoms with Crippen LogP contribution in [0.3, 0.4) is 0 Å². The van der Waals surface area contributed by atoms with Gasteiger partial charge < -0.3 is 9.84 Å². The number of hydrogen-bond donors (Lipinski definition) is 2. The van der Waals surface area contributed by atoms with E-state index in [2.05, 4.69) is 15.8 Å². The first-order chi connectivity index (χ1) is 9.46. The lowest BCUT2D eigenvalue weighted by molar-refractivity contribution is -0.123. The maximum atomic E-state index is 13.0. The van der Waals surface area contributed by atoms with Gasteiger partial charge in [0.15, 0.2) is 0 Å². The zero-order valence-electron chi connectivity index (χ0n) is 12.0. The molecule has 2 N–H and O–H groups in total. The summed E-state index contributed by atoms with van der Waals surface area (Å²) in [6.45, 7) is 3.70. The van der Waals surface area contributed by atoms with E-state index in [1.807, 2.05) is 13.8 Å². The van der Waals surface area contributed by atoms with Crippen LogP contribution in [0.2, 0.25) is 0 Å². The van der Waals surface area contributed by atoms with Gasteiger partial charge >= 0.3 is 0 Å². The standard InChI is InChI=1S/C13H19F2N3O2.ClH/c1-3-9-8(11(4-2)20-18-9)6-16-12(19)10-5-13(14,15)7-17-10;/h10,17H,3-7H2,1-2H3,(H,16,19);1H. The quantitative estimate of drug-likeness (QED) is 0.867. The zero-order valence-corrected chi connectivity index (χ0v) is 12.9. The Hall–Kier alpha value is -1.21. The molecule has 1 fully saturated rings. The van der Waals surface area contributed by atoms with Gasteiger partial charge in [-0.2, -0.15) is 0 Å². The van der Waals surface area contributed by atoms with E-state index in [0.717, 1.165) is 17.0 Å². The van der Waals surface area contributed by atoms with E-state index in [9.17, 15) is 13.6 Å². The Bertz CT molecular complexity index is 472. The fourth-order valence-corrected chi connectivity index (χ4v) is 2.34. The number of nitrogens with one attached hydrogen (secondary N) is 2. The van der Waals surface area contributed by atoms with Gasteiger partial charge in [0.05, 0.1) is 18.3 Å². The van der Waals surface area contributed by atoms with Crippen LogP contribution in [0.5, 0.6) is 0 Å². The van der Waals surface area contributed by atoms with E-state index >= 15 is 0 Å². The molecule has 120 valence electrons. The molecule has 0 bridgehead atoms. The van der Waals surface area contributed by atoms with E-state index in [-0.39, 0.29) is 19.0 Å². The lowest BCUT2D eigenvalue weighted by atomic mass is 10.1. The monoisotopic (exact) mass is 323 g/mol. The summed E-state index contributed by atoms with van der Waals surface area (Å²) in [5.74, 6) is -2.48. The molecule has 21 heavy (non-hydrogen) atoms. The fourth-order valence-electron chi connectivity index (χ4n) is 2.34. The van der Waals surface area contributed by atoms with Crippen LogP contribution in [0, 0.1) is 0 Å². The summed E-state index contributed by atoms with van der Waals surface area (Å²) in [5, 5.41) is 9.15. The number of carbonyl (C=O) groups is 1. The minimum atomic E-state index is -2.80. The van der Waals surface area contributed by atoms with Crippen molar-refractivity contribution in [2.45, 2.75) is 51.6 Å². The number of hydrogen-bond acceptors (Lipinski definition) is 4. The third-order valence-corrected chi connectivity index (χ3v) is 3.47. The topological polar surface area (TPSA) is 67.2 Å². The number of carbonyl (C=O) groups excluding carboxylic acids is 1. The van der Waals surface area contributed by atoms with E-state index < -0.39 is 30.8 Å². The highest BCUT2D eigenvalue weighted by Crippen LogP contribution is 2.25. The van der Waals surface area contributed by atoms with Gasteiger partial charge in [-0.25, -0.2) is 8.78 Å². The van der Waals surface area contributed by atoms with E-state index in [1.54, 1.807) is 0 Å². The number of rotatable bonds is 5. The molecule has 1 unspecified atom stereocenters. The van der Waals surface area contributed by atoms with Crippen molar-refractivity contribution in [2.24, 2.45) is 0 Å². The number of aromatic nitrogens is 1. The van der Waals surface area contributed by atoms with Crippen LogP contribution in [-0.4, -0.2) is 29.6 Å². The molecule has 0 radical (unpaired) electrons. The Morgan fingerprint density at radius 2 is 2.19 bits per heavy atom. The fraction of sp³-hybridized carbons (Fsp3) is 0.692. The van der Waals surface area contributed by atoms with Crippen molar-refractivity contribution in [3.63, 3.8) is 0 Å². The van der Waals surface area contributed by atoms with Gasteiger partial charge in [0.25, 0.3) is 5.92 Å². The Labute approximate surface area is 128 Å². The first kappa shape index (κ1) is 17.8. The van der Waals surface area contributed by atoms with Crippen molar-refractivity contribution in [3.05, 3.63) is 17.0 Å². The van der Waals surface area contributed by atoms with Crippen LogP contribution < -0.4 is 10.6 Å². The number of alkyl halides is 2. The smallest absolute Gasteiger partial charge is 0.262 e. The number of aryl methyl sites for hydroxylation is 2. The molecule has 0 aliphatic carbocycles. The van der Waals surface area contributed by atoms with Gasteiger partial charge in [-0.3, -0.25) is 10.1 Å². The molecule has 0 saturated carbocycles. The SMILES string of the molecule is CCc1noc(CC)c1CNC(=O)C1CC(F)(F)CN1.Cl. The molecule has 1 aromatic rings. The number of halogens is 3. The van der Waals surface area contributed by atoms with Gasteiger partial charge in [0, 0.05) is 24.9 Å². The largest absolute Gasteiger partial charge is 0.361 e. The molecular weight excluding hydrogens is 304 g/mol. The lowest BCUT2D eigenvalue weighted by Gasteiger charge is -2.11. The van der Waals surface area contributed by atoms with Crippen molar-refractivity contribution >= 4 is 18.3 Å². The van der Waals surface area contributed by atoms with Crippen molar-refractivity contribution in [3.8, 4) is 0 Å². The molecule has 1 aromatic heterocycles. The molecule has 1 saturated heterocycles. The zero-order chi connectivity index (χ0) is 14.8. The maximum Gasteiger partial charge on any atom is 0.262 e. The predicted octanol–water partition coefficient (Wildman–Crippen LogP) is 1.83. The van der Waals surface area contributed by atoms with E-state index in [4.69, 9.17) is 4.52 Å². The minimum Gasteiger partial charge on any atom is -0.361 e. The summed E-state index contributed by atoms with van der Waals surface area (Å²) in [5.41, 5.74) is 1.65. The summed E-state index contributed by atoms with van der Waals surface area (Å²) >= 11 is 0. The van der Waals surface area contributed by atoms with Gasteiger partial charge in [0.2, 0.25) is 5.91 Å². The van der Waals surface area contributed by atoms with Gasteiger partial charge in [-0.15, -0.1) is 12.4 Å². The second-order valence-electron chi connectivity index (χ2n) is 4.95. The Morgan fingerprint density at radius 1 is 1.48 bits per heavy atom. The van der Waals surface area contributed by atoms with Crippen molar-refractivity contribution < 1.29 is 18.1 Å². The summed E-state index contributed by atoms with van der Waals surface area (Å²) < 4.78 is 31.3. The average molecular weight is 324 g/mol. The summed E-state index contributed by atoms with van der Waals surface area (Å²) in [6.07, 6.45) is 0.927. The number of nitrogens with zero attached hydrogens (tertiary/aromatic N) is 1. The minimum absolute atomic E-state index is 0. The van der Waals surface area contributed by atoms with Crippen LogP contribution in [0.1, 0.15) is 37.3 Å². The molecule has 1 aliphatic heterocycles. The van der Waals surface area contributed by atoms with Crippen LogP contribution in [0.4, 0.5) is 8.78 Å². The molecule has 5 nitrogen and oxygen atoms in total. The molecule has 1 atom stereocenters. The second-order valence-corrected chi connectivity index (χ2v) is 4.95. The summed E-state index contributed by atoms with van der Waals surface area (Å²) in [4.78, 5) is 11.9.